The van der Waals surface area contributed by atoms with Crippen LogP contribution in [0, 0.1) is 0 Å². The Labute approximate surface area is 164 Å². The third kappa shape index (κ3) is 3.85. The van der Waals surface area contributed by atoms with E-state index in [1.165, 1.54) is 4.57 Å². The maximum Gasteiger partial charge on any atom is 0.308 e. The van der Waals surface area contributed by atoms with Crippen LogP contribution < -0.4 is 15.1 Å². The van der Waals surface area contributed by atoms with Crippen LogP contribution in [0.1, 0.15) is 0 Å². The van der Waals surface area contributed by atoms with Gasteiger partial charge in [0.2, 0.25) is 5.91 Å². The van der Waals surface area contributed by atoms with E-state index in [9.17, 15) is 9.59 Å². The molecule has 1 fully saturated rings. The van der Waals surface area contributed by atoms with Gasteiger partial charge in [0, 0.05) is 18.8 Å². The van der Waals surface area contributed by atoms with Gasteiger partial charge in [-0.05, 0) is 30.3 Å². The van der Waals surface area contributed by atoms with Gasteiger partial charge >= 0.3 is 4.87 Å². The predicted octanol–water partition coefficient (Wildman–Crippen LogP) is 3.19. The molecule has 0 spiro atoms. The molecule has 0 unspecified atom stereocenters. The van der Waals surface area contributed by atoms with Crippen molar-refractivity contribution in [3.8, 4) is 0 Å². The van der Waals surface area contributed by atoms with Crippen molar-refractivity contribution >= 4 is 50.4 Å². The zero-order chi connectivity index (χ0) is 18.8. The number of benzene rings is 2. The fourth-order valence-electron chi connectivity index (χ4n) is 3.15. The Morgan fingerprint density at radius 3 is 2.74 bits per heavy atom. The molecule has 1 aliphatic heterocycles. The first-order chi connectivity index (χ1) is 13.1. The molecule has 0 radical (unpaired) electrons. The van der Waals surface area contributed by atoms with Crippen molar-refractivity contribution < 1.29 is 9.53 Å². The normalized spacial score (nSPS) is 14.5. The monoisotopic (exact) mass is 403 g/mol. The van der Waals surface area contributed by atoms with E-state index in [-0.39, 0.29) is 17.3 Å². The minimum Gasteiger partial charge on any atom is -0.378 e. The average molecular weight is 404 g/mol. The molecule has 27 heavy (non-hydrogen) atoms. The van der Waals surface area contributed by atoms with Crippen molar-refractivity contribution in [2.24, 2.45) is 0 Å². The van der Waals surface area contributed by atoms with Crippen molar-refractivity contribution in [3.63, 3.8) is 0 Å². The molecule has 6 nitrogen and oxygen atoms in total. The van der Waals surface area contributed by atoms with E-state index in [1.807, 2.05) is 36.4 Å². The summed E-state index contributed by atoms with van der Waals surface area (Å²) in [6.45, 7) is 2.90. The van der Waals surface area contributed by atoms with Crippen LogP contribution in [0.5, 0.6) is 0 Å². The molecule has 0 aliphatic carbocycles. The van der Waals surface area contributed by atoms with E-state index in [1.54, 1.807) is 6.07 Å². The summed E-state index contributed by atoms with van der Waals surface area (Å²) in [7, 11) is 0. The maximum atomic E-state index is 12.4. The lowest BCUT2D eigenvalue weighted by molar-refractivity contribution is -0.116. The van der Waals surface area contributed by atoms with Crippen LogP contribution in [0.15, 0.2) is 47.3 Å². The van der Waals surface area contributed by atoms with Gasteiger partial charge in [-0.25, -0.2) is 0 Å². The van der Waals surface area contributed by atoms with Gasteiger partial charge in [-0.3, -0.25) is 14.2 Å². The Balaban J connectivity index is 1.48. The van der Waals surface area contributed by atoms with Gasteiger partial charge in [0.05, 0.1) is 34.1 Å². The zero-order valence-electron chi connectivity index (χ0n) is 14.5. The van der Waals surface area contributed by atoms with Crippen LogP contribution in [-0.2, 0) is 16.1 Å². The molecule has 0 bridgehead atoms. The number of hydrogen-bond acceptors (Lipinski definition) is 5. The molecule has 1 saturated heterocycles. The highest BCUT2D eigenvalue weighted by Crippen LogP contribution is 2.29. The molecular weight excluding hydrogens is 386 g/mol. The largest absolute Gasteiger partial charge is 0.378 e. The number of fused-ring (bicyclic) bond motifs is 1. The number of rotatable bonds is 4. The predicted molar refractivity (Wildman–Crippen MR) is 109 cm³/mol. The molecule has 1 amide bonds. The number of para-hydroxylation sites is 1. The Bertz CT molecular complexity index is 1040. The van der Waals surface area contributed by atoms with E-state index in [4.69, 9.17) is 16.3 Å². The third-order valence-electron chi connectivity index (χ3n) is 4.46. The van der Waals surface area contributed by atoms with Crippen LogP contribution in [0.2, 0.25) is 5.02 Å². The summed E-state index contributed by atoms with van der Waals surface area (Å²) in [6, 6.07) is 12.9. The number of amides is 1. The van der Waals surface area contributed by atoms with Crippen molar-refractivity contribution in [3.05, 3.63) is 57.2 Å². The number of halogens is 1. The van der Waals surface area contributed by atoms with Crippen LogP contribution in [0.3, 0.4) is 0 Å². The standard InChI is InChI=1S/C19H18ClN3O3S/c20-14-11-13(5-6-15(14)22-7-9-26-10-8-22)21-18(24)12-23-16-3-1-2-4-17(16)27-19(23)25/h1-6,11H,7-10,12H2,(H,21,24). The summed E-state index contributed by atoms with van der Waals surface area (Å²) in [6.07, 6.45) is 0. The van der Waals surface area contributed by atoms with Gasteiger partial charge in [-0.1, -0.05) is 35.1 Å². The molecule has 4 rings (SSSR count). The molecule has 0 atom stereocenters. The molecule has 1 aliphatic rings. The molecule has 1 aromatic heterocycles. The number of thiazole rings is 1. The number of nitrogens with zero attached hydrogens (tertiary/aromatic N) is 2. The molecule has 2 aromatic carbocycles. The van der Waals surface area contributed by atoms with Gasteiger partial charge in [0.25, 0.3) is 0 Å². The second kappa shape index (κ2) is 7.72. The second-order valence-electron chi connectivity index (χ2n) is 6.24. The Hall–Kier alpha value is -2.35. The summed E-state index contributed by atoms with van der Waals surface area (Å²) < 4.78 is 7.71. The van der Waals surface area contributed by atoms with Gasteiger partial charge in [0.15, 0.2) is 0 Å². The van der Waals surface area contributed by atoms with Gasteiger partial charge < -0.3 is 15.0 Å². The SMILES string of the molecule is O=C(Cn1c(=O)sc2ccccc21)Nc1ccc(N2CCOCC2)c(Cl)c1. The summed E-state index contributed by atoms with van der Waals surface area (Å²) in [5.41, 5.74) is 2.30. The highest BCUT2D eigenvalue weighted by atomic mass is 35.5. The molecule has 2 heterocycles. The Morgan fingerprint density at radius 1 is 1.19 bits per heavy atom. The minimum atomic E-state index is -0.268. The van der Waals surface area contributed by atoms with Crippen LogP contribution >= 0.6 is 22.9 Å². The minimum absolute atomic E-state index is 0.0360. The first-order valence-corrected chi connectivity index (χ1v) is 9.82. The van der Waals surface area contributed by atoms with Gasteiger partial charge in [-0.2, -0.15) is 0 Å². The fraction of sp³-hybridized carbons (Fsp3) is 0.263. The number of carbonyl (C=O) groups excluding carboxylic acids is 1. The lowest BCUT2D eigenvalue weighted by Gasteiger charge is -2.29. The van der Waals surface area contributed by atoms with Crippen molar-refractivity contribution in [2.45, 2.75) is 6.54 Å². The van der Waals surface area contributed by atoms with E-state index in [0.29, 0.717) is 23.9 Å². The number of nitrogens with one attached hydrogen (secondary N) is 1. The summed E-state index contributed by atoms with van der Waals surface area (Å²) in [4.78, 5) is 26.6. The lowest BCUT2D eigenvalue weighted by atomic mass is 10.2. The summed E-state index contributed by atoms with van der Waals surface area (Å²) >= 11 is 7.54. The summed E-state index contributed by atoms with van der Waals surface area (Å²) in [5, 5.41) is 3.40. The smallest absolute Gasteiger partial charge is 0.308 e. The van der Waals surface area contributed by atoms with Crippen LogP contribution in [0.4, 0.5) is 11.4 Å². The van der Waals surface area contributed by atoms with E-state index >= 15 is 0 Å². The van der Waals surface area contributed by atoms with E-state index in [2.05, 4.69) is 10.2 Å². The highest BCUT2D eigenvalue weighted by Gasteiger charge is 2.15. The number of hydrogen-bond donors (Lipinski definition) is 1. The van der Waals surface area contributed by atoms with Crippen LogP contribution in [-0.4, -0.2) is 36.8 Å². The number of ether oxygens (including phenoxy) is 1. The third-order valence-corrected chi connectivity index (χ3v) is 5.72. The van der Waals surface area contributed by atoms with Crippen LogP contribution in [0.25, 0.3) is 10.2 Å². The Kier molecular flexibility index (Phi) is 5.15. The van der Waals surface area contributed by atoms with Gasteiger partial charge in [-0.15, -0.1) is 0 Å². The van der Waals surface area contributed by atoms with E-state index in [0.717, 1.165) is 40.3 Å². The molecule has 140 valence electrons. The van der Waals surface area contributed by atoms with Crippen molar-refractivity contribution in [1.82, 2.24) is 4.57 Å². The summed E-state index contributed by atoms with van der Waals surface area (Å²) in [5.74, 6) is -0.268. The van der Waals surface area contributed by atoms with Crippen molar-refractivity contribution in [1.29, 1.82) is 0 Å². The first-order valence-electron chi connectivity index (χ1n) is 8.62. The number of aromatic nitrogens is 1. The van der Waals surface area contributed by atoms with Crippen molar-refractivity contribution in [2.75, 3.05) is 36.5 Å². The average Bonchev–Trinajstić information content (AvgIpc) is 2.98. The molecular formula is C19H18ClN3O3S. The highest BCUT2D eigenvalue weighted by molar-refractivity contribution is 7.16. The number of carbonyl (C=O) groups is 1. The zero-order valence-corrected chi connectivity index (χ0v) is 16.1. The number of morpholine rings is 1. The Morgan fingerprint density at radius 2 is 1.96 bits per heavy atom. The van der Waals surface area contributed by atoms with E-state index < -0.39 is 0 Å². The molecule has 1 N–H and O–H groups in total. The topological polar surface area (TPSA) is 63.6 Å². The molecule has 3 aromatic rings. The quantitative estimate of drug-likeness (QED) is 0.726. The fourth-order valence-corrected chi connectivity index (χ4v) is 4.34. The number of anilines is 2. The molecule has 0 saturated carbocycles. The van der Waals surface area contributed by atoms with Gasteiger partial charge in [0.1, 0.15) is 6.54 Å². The second-order valence-corrected chi connectivity index (χ2v) is 7.64. The lowest BCUT2D eigenvalue weighted by Crippen LogP contribution is -2.36. The maximum absolute atomic E-state index is 12.4. The first kappa shape index (κ1) is 18.0. The molecule has 8 heteroatoms.